The number of aliphatic carboxylic acids is 1. The zero-order valence-corrected chi connectivity index (χ0v) is 13.7. The van der Waals surface area contributed by atoms with Crippen LogP contribution in [0.25, 0.3) is 0 Å². The number of ether oxygens (including phenoxy) is 2. The highest BCUT2D eigenvalue weighted by Gasteiger charge is 2.37. The summed E-state index contributed by atoms with van der Waals surface area (Å²) in [6, 6.07) is 7.60. The van der Waals surface area contributed by atoms with Gasteiger partial charge in [-0.1, -0.05) is 32.0 Å². The van der Waals surface area contributed by atoms with Crippen LogP contribution >= 0.6 is 0 Å². The number of nitrogens with zero attached hydrogens (tertiary/aromatic N) is 1. The standard InChI is InChI=1S/C17H23NO5/c1-17(2,10-12-6-4-5-7-13(12)22-3)16(21)18-8-9-23-14(11-18)15(19)20/h4-7,14H,8-11H2,1-3H3,(H,19,20)/t14-/m0/s1. The summed E-state index contributed by atoms with van der Waals surface area (Å²) in [6.07, 6.45) is -0.431. The van der Waals surface area contributed by atoms with Gasteiger partial charge in [0.15, 0.2) is 6.10 Å². The number of hydrogen-bond donors (Lipinski definition) is 1. The Bertz CT molecular complexity index is 584. The molecule has 1 aromatic rings. The van der Waals surface area contributed by atoms with E-state index in [-0.39, 0.29) is 19.1 Å². The molecule has 2 rings (SSSR count). The Morgan fingerprint density at radius 1 is 1.39 bits per heavy atom. The first-order valence-electron chi connectivity index (χ1n) is 7.61. The average Bonchev–Trinajstić information content (AvgIpc) is 2.54. The fourth-order valence-electron chi connectivity index (χ4n) is 2.81. The van der Waals surface area contributed by atoms with Crippen molar-refractivity contribution in [3.05, 3.63) is 29.8 Å². The van der Waals surface area contributed by atoms with Crippen LogP contribution < -0.4 is 4.74 Å². The lowest BCUT2D eigenvalue weighted by Gasteiger charge is -2.36. The van der Waals surface area contributed by atoms with Crippen LogP contribution in [0.5, 0.6) is 5.75 Å². The second-order valence-electron chi connectivity index (χ2n) is 6.32. The van der Waals surface area contributed by atoms with Gasteiger partial charge < -0.3 is 19.5 Å². The van der Waals surface area contributed by atoms with Crippen molar-refractivity contribution in [1.29, 1.82) is 0 Å². The maximum absolute atomic E-state index is 12.8. The summed E-state index contributed by atoms with van der Waals surface area (Å²) in [6.45, 7) is 4.48. The zero-order chi connectivity index (χ0) is 17.0. The predicted molar refractivity (Wildman–Crippen MR) is 84.4 cm³/mol. The van der Waals surface area contributed by atoms with E-state index in [2.05, 4.69) is 0 Å². The van der Waals surface area contributed by atoms with Gasteiger partial charge in [0, 0.05) is 12.0 Å². The first kappa shape index (κ1) is 17.3. The number of carboxylic acids is 1. The molecule has 1 aromatic carbocycles. The van der Waals surface area contributed by atoms with Gasteiger partial charge in [0.25, 0.3) is 0 Å². The number of carboxylic acid groups (broad SMARTS) is 1. The number of methoxy groups -OCH3 is 1. The van der Waals surface area contributed by atoms with Crippen molar-refractivity contribution in [3.63, 3.8) is 0 Å². The van der Waals surface area contributed by atoms with Crippen molar-refractivity contribution >= 4 is 11.9 Å². The van der Waals surface area contributed by atoms with E-state index in [9.17, 15) is 9.59 Å². The van der Waals surface area contributed by atoms with E-state index in [1.165, 1.54) is 0 Å². The molecule has 1 amide bonds. The first-order valence-corrected chi connectivity index (χ1v) is 7.61. The lowest BCUT2D eigenvalue weighted by atomic mass is 9.83. The second-order valence-corrected chi connectivity index (χ2v) is 6.32. The van der Waals surface area contributed by atoms with Crippen LogP contribution in [0, 0.1) is 5.41 Å². The van der Waals surface area contributed by atoms with Crippen molar-refractivity contribution in [2.45, 2.75) is 26.4 Å². The molecule has 6 nitrogen and oxygen atoms in total. The van der Waals surface area contributed by atoms with Gasteiger partial charge in [-0.05, 0) is 18.1 Å². The molecule has 1 heterocycles. The maximum Gasteiger partial charge on any atom is 0.334 e. The van der Waals surface area contributed by atoms with E-state index >= 15 is 0 Å². The number of para-hydroxylation sites is 1. The molecule has 0 unspecified atom stereocenters. The van der Waals surface area contributed by atoms with Crippen LogP contribution in [-0.2, 0) is 20.7 Å². The highest BCUT2D eigenvalue weighted by molar-refractivity contribution is 5.83. The van der Waals surface area contributed by atoms with Gasteiger partial charge in [0.05, 0.1) is 20.3 Å². The summed E-state index contributed by atoms with van der Waals surface area (Å²) < 4.78 is 10.5. The largest absolute Gasteiger partial charge is 0.496 e. The molecule has 6 heteroatoms. The molecule has 1 saturated heterocycles. The second kappa shape index (κ2) is 7.00. The van der Waals surface area contributed by atoms with Gasteiger partial charge in [-0.25, -0.2) is 4.79 Å². The molecule has 0 aromatic heterocycles. The smallest absolute Gasteiger partial charge is 0.334 e. The Labute approximate surface area is 136 Å². The molecule has 1 atom stereocenters. The molecule has 1 fully saturated rings. The number of carbonyl (C=O) groups excluding carboxylic acids is 1. The molecule has 1 aliphatic rings. The fourth-order valence-corrected chi connectivity index (χ4v) is 2.81. The molecule has 0 radical (unpaired) electrons. The van der Waals surface area contributed by atoms with Crippen LogP contribution in [0.2, 0.25) is 0 Å². The first-order chi connectivity index (χ1) is 10.8. The Morgan fingerprint density at radius 2 is 2.09 bits per heavy atom. The van der Waals surface area contributed by atoms with Gasteiger partial charge in [0.2, 0.25) is 5.91 Å². The van der Waals surface area contributed by atoms with E-state index in [1.807, 2.05) is 38.1 Å². The van der Waals surface area contributed by atoms with E-state index < -0.39 is 17.5 Å². The number of amides is 1. The topological polar surface area (TPSA) is 76.1 Å². The third kappa shape index (κ3) is 4.01. The van der Waals surface area contributed by atoms with Gasteiger partial charge in [-0.15, -0.1) is 0 Å². The SMILES string of the molecule is COc1ccccc1CC(C)(C)C(=O)N1CCO[C@H](C(=O)O)C1. The van der Waals surface area contributed by atoms with Crippen molar-refractivity contribution in [2.75, 3.05) is 26.8 Å². The minimum Gasteiger partial charge on any atom is -0.496 e. The van der Waals surface area contributed by atoms with Crippen LogP contribution in [0.1, 0.15) is 19.4 Å². The normalized spacial score (nSPS) is 18.6. The molecule has 0 spiro atoms. The summed E-state index contributed by atoms with van der Waals surface area (Å²) in [5, 5.41) is 9.06. The van der Waals surface area contributed by atoms with Gasteiger partial charge in [-0.2, -0.15) is 0 Å². The summed E-state index contributed by atoms with van der Waals surface area (Å²) in [7, 11) is 1.60. The molecule has 1 aliphatic heterocycles. The Kier molecular flexibility index (Phi) is 5.26. The third-order valence-electron chi connectivity index (χ3n) is 4.03. The van der Waals surface area contributed by atoms with Crippen LogP contribution in [0.3, 0.4) is 0 Å². The number of carbonyl (C=O) groups is 2. The van der Waals surface area contributed by atoms with Crippen molar-refractivity contribution < 1.29 is 24.2 Å². The third-order valence-corrected chi connectivity index (χ3v) is 4.03. The van der Waals surface area contributed by atoms with Crippen molar-refractivity contribution in [3.8, 4) is 5.75 Å². The minimum atomic E-state index is -1.04. The summed E-state index contributed by atoms with van der Waals surface area (Å²) in [5.74, 6) is -0.359. The average molecular weight is 321 g/mol. The van der Waals surface area contributed by atoms with E-state index in [0.717, 1.165) is 11.3 Å². The fraction of sp³-hybridized carbons (Fsp3) is 0.529. The Balaban J connectivity index is 2.12. The van der Waals surface area contributed by atoms with E-state index in [4.69, 9.17) is 14.6 Å². The highest BCUT2D eigenvalue weighted by atomic mass is 16.5. The summed E-state index contributed by atoms with van der Waals surface area (Å²) >= 11 is 0. The minimum absolute atomic E-state index is 0.0713. The number of morpholine rings is 1. The van der Waals surface area contributed by atoms with Gasteiger partial charge in [-0.3, -0.25) is 4.79 Å². The molecule has 0 saturated carbocycles. The molecule has 1 N–H and O–H groups in total. The molecule has 23 heavy (non-hydrogen) atoms. The van der Waals surface area contributed by atoms with E-state index in [0.29, 0.717) is 13.0 Å². The number of hydrogen-bond acceptors (Lipinski definition) is 4. The van der Waals surface area contributed by atoms with Crippen molar-refractivity contribution in [2.24, 2.45) is 5.41 Å². The molecule has 126 valence electrons. The monoisotopic (exact) mass is 321 g/mol. The molecular weight excluding hydrogens is 298 g/mol. The number of benzene rings is 1. The molecule has 0 bridgehead atoms. The zero-order valence-electron chi connectivity index (χ0n) is 13.7. The van der Waals surface area contributed by atoms with E-state index in [1.54, 1.807) is 12.0 Å². The van der Waals surface area contributed by atoms with Crippen LogP contribution in [0.4, 0.5) is 0 Å². The van der Waals surface area contributed by atoms with Gasteiger partial charge >= 0.3 is 5.97 Å². The van der Waals surface area contributed by atoms with Gasteiger partial charge in [0.1, 0.15) is 5.75 Å². The maximum atomic E-state index is 12.8. The van der Waals surface area contributed by atoms with Crippen LogP contribution in [-0.4, -0.2) is 54.8 Å². The summed E-state index contributed by atoms with van der Waals surface area (Å²) in [5.41, 5.74) is 0.297. The Hall–Kier alpha value is -2.08. The highest BCUT2D eigenvalue weighted by Crippen LogP contribution is 2.30. The molecule has 0 aliphatic carbocycles. The molecular formula is C17H23NO5. The Morgan fingerprint density at radius 3 is 2.74 bits per heavy atom. The van der Waals surface area contributed by atoms with Crippen LogP contribution in [0.15, 0.2) is 24.3 Å². The summed E-state index contributed by atoms with van der Waals surface area (Å²) in [4.78, 5) is 25.5. The van der Waals surface area contributed by atoms with Crippen molar-refractivity contribution in [1.82, 2.24) is 4.90 Å². The number of rotatable bonds is 5. The quantitative estimate of drug-likeness (QED) is 0.891. The predicted octanol–water partition coefficient (Wildman–Crippen LogP) is 1.58. The lowest BCUT2D eigenvalue weighted by molar-refractivity contribution is -0.162. The lowest BCUT2D eigenvalue weighted by Crippen LogP contribution is -2.52.